The molecule has 7 nitrogen and oxygen atoms in total. The fraction of sp³-hybridized carbons (Fsp3) is 0.600. The van der Waals surface area contributed by atoms with Crippen molar-refractivity contribution in [3.05, 3.63) is 23.8 Å². The van der Waals surface area contributed by atoms with Gasteiger partial charge in [-0.25, -0.2) is 0 Å². The number of benzene rings is 1. The van der Waals surface area contributed by atoms with Gasteiger partial charge in [-0.05, 0) is 38.8 Å². The summed E-state index contributed by atoms with van der Waals surface area (Å²) in [7, 11) is 0. The van der Waals surface area contributed by atoms with Crippen LogP contribution in [0.1, 0.15) is 37.0 Å². The monoisotopic (exact) mass is 376 g/mol. The largest absolute Gasteiger partial charge is 0.494 e. The van der Waals surface area contributed by atoms with Gasteiger partial charge < -0.3 is 24.0 Å². The van der Waals surface area contributed by atoms with Gasteiger partial charge in [-0.2, -0.15) is 0 Å². The van der Waals surface area contributed by atoms with Crippen LogP contribution in [0.2, 0.25) is 0 Å². The lowest BCUT2D eigenvalue weighted by molar-refractivity contribution is -0.142. The smallest absolute Gasteiger partial charge is 0.257 e. The molecule has 7 heteroatoms. The lowest BCUT2D eigenvalue weighted by atomic mass is 10.1. The normalized spacial score (nSPS) is 19.9. The van der Waals surface area contributed by atoms with Crippen molar-refractivity contribution in [2.24, 2.45) is 0 Å². The van der Waals surface area contributed by atoms with Gasteiger partial charge in [0.05, 0.1) is 18.8 Å². The van der Waals surface area contributed by atoms with E-state index in [2.05, 4.69) is 0 Å². The van der Waals surface area contributed by atoms with Crippen LogP contribution in [-0.4, -0.2) is 73.7 Å². The molecule has 0 bridgehead atoms. The molecule has 1 aromatic rings. The molecule has 2 aliphatic heterocycles. The van der Waals surface area contributed by atoms with E-state index in [1.165, 1.54) is 0 Å². The summed E-state index contributed by atoms with van der Waals surface area (Å²) in [5.74, 6) is 1.19. The van der Waals surface area contributed by atoms with Gasteiger partial charge in [0.15, 0.2) is 0 Å². The lowest BCUT2D eigenvalue weighted by Gasteiger charge is -2.36. The number of amides is 2. The summed E-state index contributed by atoms with van der Waals surface area (Å²) in [5.41, 5.74) is 0.527. The third kappa shape index (κ3) is 4.53. The van der Waals surface area contributed by atoms with Gasteiger partial charge in [-0.1, -0.05) is 0 Å². The zero-order valence-electron chi connectivity index (χ0n) is 16.1. The van der Waals surface area contributed by atoms with Crippen molar-refractivity contribution in [1.82, 2.24) is 9.80 Å². The molecule has 0 unspecified atom stereocenters. The second kappa shape index (κ2) is 9.08. The van der Waals surface area contributed by atoms with Gasteiger partial charge in [0.1, 0.15) is 17.6 Å². The predicted molar refractivity (Wildman–Crippen MR) is 100 cm³/mol. The van der Waals surface area contributed by atoms with Crippen LogP contribution >= 0.6 is 0 Å². The molecular formula is C20H28N2O5. The second-order valence-corrected chi connectivity index (χ2v) is 6.64. The standard InChI is InChI=1S/C20H28N2O5/c1-3-25-15-7-8-16(18(14-15)26-4-2)19(23)21-9-11-22(12-10-21)20(24)17-6-5-13-27-17/h7-8,14,17H,3-6,9-13H2,1-2H3/t17-/m1/s1. The molecule has 0 N–H and O–H groups in total. The van der Waals surface area contributed by atoms with Crippen LogP contribution in [0.15, 0.2) is 18.2 Å². The molecule has 0 saturated carbocycles. The maximum atomic E-state index is 13.0. The van der Waals surface area contributed by atoms with E-state index >= 15 is 0 Å². The number of ether oxygens (including phenoxy) is 3. The zero-order valence-corrected chi connectivity index (χ0v) is 16.1. The third-order valence-corrected chi connectivity index (χ3v) is 4.88. The first kappa shape index (κ1) is 19.5. The quantitative estimate of drug-likeness (QED) is 0.759. The van der Waals surface area contributed by atoms with Gasteiger partial charge in [-0.15, -0.1) is 0 Å². The van der Waals surface area contributed by atoms with Crippen molar-refractivity contribution in [3.8, 4) is 11.5 Å². The fourth-order valence-corrected chi connectivity index (χ4v) is 3.49. The number of hydrogen-bond donors (Lipinski definition) is 0. The molecule has 27 heavy (non-hydrogen) atoms. The first-order chi connectivity index (χ1) is 13.1. The van der Waals surface area contributed by atoms with Crippen LogP contribution in [0.3, 0.4) is 0 Å². The van der Waals surface area contributed by atoms with Crippen LogP contribution in [0.5, 0.6) is 11.5 Å². The molecule has 2 aliphatic rings. The highest BCUT2D eigenvalue weighted by molar-refractivity contribution is 5.97. The van der Waals surface area contributed by atoms with E-state index in [1.807, 2.05) is 13.8 Å². The Kier molecular flexibility index (Phi) is 6.55. The Bertz CT molecular complexity index is 664. The molecule has 0 spiro atoms. The molecule has 1 aromatic carbocycles. The molecule has 2 fully saturated rings. The molecule has 2 amide bonds. The Morgan fingerprint density at radius 1 is 1.07 bits per heavy atom. The summed E-state index contributed by atoms with van der Waals surface area (Å²) in [6, 6.07) is 5.30. The minimum absolute atomic E-state index is 0.0515. The van der Waals surface area contributed by atoms with E-state index < -0.39 is 0 Å². The average Bonchev–Trinajstić information content (AvgIpc) is 3.23. The average molecular weight is 376 g/mol. The SMILES string of the molecule is CCOc1ccc(C(=O)N2CCN(C(=O)[C@H]3CCCO3)CC2)c(OCC)c1. The maximum Gasteiger partial charge on any atom is 0.257 e. The van der Waals surface area contributed by atoms with Crippen LogP contribution in [0.4, 0.5) is 0 Å². The Morgan fingerprint density at radius 3 is 2.41 bits per heavy atom. The number of nitrogens with zero attached hydrogens (tertiary/aromatic N) is 2. The van der Waals surface area contributed by atoms with Crippen LogP contribution < -0.4 is 9.47 Å². The van der Waals surface area contributed by atoms with E-state index in [0.717, 1.165) is 12.8 Å². The van der Waals surface area contributed by atoms with Gasteiger partial charge in [-0.3, -0.25) is 9.59 Å². The summed E-state index contributed by atoms with van der Waals surface area (Å²) >= 11 is 0. The Hall–Kier alpha value is -2.28. The van der Waals surface area contributed by atoms with Gasteiger partial charge >= 0.3 is 0 Å². The molecule has 2 saturated heterocycles. The summed E-state index contributed by atoms with van der Waals surface area (Å²) < 4.78 is 16.6. The first-order valence-electron chi connectivity index (χ1n) is 9.73. The second-order valence-electron chi connectivity index (χ2n) is 6.64. The summed E-state index contributed by atoms with van der Waals surface area (Å²) in [4.78, 5) is 29.0. The Labute approximate surface area is 160 Å². The van der Waals surface area contributed by atoms with E-state index in [1.54, 1.807) is 28.0 Å². The van der Waals surface area contributed by atoms with Crippen molar-refractivity contribution >= 4 is 11.8 Å². The van der Waals surface area contributed by atoms with E-state index in [-0.39, 0.29) is 17.9 Å². The highest BCUT2D eigenvalue weighted by atomic mass is 16.5. The van der Waals surface area contributed by atoms with E-state index in [0.29, 0.717) is 63.1 Å². The van der Waals surface area contributed by atoms with Crippen LogP contribution in [-0.2, 0) is 9.53 Å². The van der Waals surface area contributed by atoms with Gasteiger partial charge in [0, 0.05) is 38.9 Å². The maximum absolute atomic E-state index is 13.0. The molecule has 0 radical (unpaired) electrons. The molecule has 1 atom stereocenters. The van der Waals surface area contributed by atoms with Gasteiger partial charge in [0.25, 0.3) is 11.8 Å². The van der Waals surface area contributed by atoms with Crippen molar-refractivity contribution < 1.29 is 23.8 Å². The fourth-order valence-electron chi connectivity index (χ4n) is 3.49. The number of hydrogen-bond acceptors (Lipinski definition) is 5. The molecule has 0 aliphatic carbocycles. The van der Waals surface area contributed by atoms with Crippen molar-refractivity contribution in [2.75, 3.05) is 46.0 Å². The van der Waals surface area contributed by atoms with Crippen LogP contribution in [0, 0.1) is 0 Å². The van der Waals surface area contributed by atoms with Gasteiger partial charge in [0.2, 0.25) is 0 Å². The van der Waals surface area contributed by atoms with E-state index in [4.69, 9.17) is 14.2 Å². The molecule has 2 heterocycles. The Balaban J connectivity index is 1.64. The minimum atomic E-state index is -0.303. The molecule has 3 rings (SSSR count). The van der Waals surface area contributed by atoms with Crippen molar-refractivity contribution in [3.63, 3.8) is 0 Å². The predicted octanol–water partition coefficient (Wildman–Crippen LogP) is 1.95. The molecule has 0 aromatic heterocycles. The topological polar surface area (TPSA) is 68.3 Å². The summed E-state index contributed by atoms with van der Waals surface area (Å²) in [6.07, 6.45) is 1.43. The van der Waals surface area contributed by atoms with E-state index in [9.17, 15) is 9.59 Å². The molecular weight excluding hydrogens is 348 g/mol. The highest BCUT2D eigenvalue weighted by Crippen LogP contribution is 2.27. The summed E-state index contributed by atoms with van der Waals surface area (Å²) in [5, 5.41) is 0. The number of carbonyl (C=O) groups excluding carboxylic acids is 2. The van der Waals surface area contributed by atoms with Crippen LogP contribution in [0.25, 0.3) is 0 Å². The number of rotatable bonds is 6. The Morgan fingerprint density at radius 2 is 1.78 bits per heavy atom. The number of piperazine rings is 1. The summed E-state index contributed by atoms with van der Waals surface area (Å²) in [6.45, 7) is 7.57. The minimum Gasteiger partial charge on any atom is -0.494 e. The molecule has 148 valence electrons. The first-order valence-corrected chi connectivity index (χ1v) is 9.73. The van der Waals surface area contributed by atoms with Crippen molar-refractivity contribution in [1.29, 1.82) is 0 Å². The van der Waals surface area contributed by atoms with Crippen molar-refractivity contribution in [2.45, 2.75) is 32.8 Å². The zero-order chi connectivity index (χ0) is 19.2. The third-order valence-electron chi connectivity index (χ3n) is 4.88. The lowest BCUT2D eigenvalue weighted by Crippen LogP contribution is -2.52. The highest BCUT2D eigenvalue weighted by Gasteiger charge is 2.32. The number of carbonyl (C=O) groups is 2.